The molecular weight excluding hydrogens is 480 g/mol. The third kappa shape index (κ3) is 5.70. The van der Waals surface area contributed by atoms with Gasteiger partial charge < -0.3 is 10.1 Å². The number of nitriles is 1. The molecule has 0 amide bonds. The normalized spacial score (nSPS) is 19.3. The van der Waals surface area contributed by atoms with Crippen molar-refractivity contribution in [3.63, 3.8) is 0 Å². The van der Waals surface area contributed by atoms with Crippen LogP contribution in [0.5, 0.6) is 5.75 Å². The molecule has 4 nitrogen and oxygen atoms in total. The number of rotatable bonds is 9. The van der Waals surface area contributed by atoms with Crippen LogP contribution in [-0.4, -0.2) is 25.5 Å². The van der Waals surface area contributed by atoms with E-state index in [1.165, 1.54) is 11.1 Å². The molecule has 1 N–H and O–H groups in total. The van der Waals surface area contributed by atoms with Crippen LogP contribution < -0.4 is 10.1 Å². The molecule has 1 fully saturated rings. The van der Waals surface area contributed by atoms with Gasteiger partial charge in [-0.05, 0) is 117 Å². The summed E-state index contributed by atoms with van der Waals surface area (Å²) in [6.45, 7) is 4.70. The molecule has 0 saturated heterocycles. The van der Waals surface area contributed by atoms with Gasteiger partial charge in [0.1, 0.15) is 5.75 Å². The van der Waals surface area contributed by atoms with Crippen molar-refractivity contribution in [1.29, 1.82) is 5.26 Å². The maximum absolute atomic E-state index is 14.4. The first-order chi connectivity index (χ1) is 19.0. The minimum absolute atomic E-state index is 0.0857. The fraction of sp³-hybridized carbons (Fsp3) is 0.371. The maximum Gasteiger partial charge on any atom is 0.163 e. The SMILES string of the molecule is CCOc1ccc(-c2ccc(C#N)cc2)cc1CC(C(=O)C1=C(C)c2ccccc2C1)C1CCC(NC)CC1. The van der Waals surface area contributed by atoms with Gasteiger partial charge in [-0.1, -0.05) is 42.5 Å². The summed E-state index contributed by atoms with van der Waals surface area (Å²) in [5.74, 6) is 1.43. The van der Waals surface area contributed by atoms with E-state index in [1.54, 1.807) is 0 Å². The standard InChI is InChI=1S/C35H38N2O2/c1-4-39-34-18-15-27(25-11-9-24(22-36)10-12-25)19-29(34)21-33(26-13-16-30(37-3)17-14-26)35(38)32-20-28-7-5-6-8-31(28)23(32)2/h5-12,15,18-19,26,30,33,37H,4,13-14,16-17,20-21H2,1-3H3. The third-order valence-electron chi connectivity index (χ3n) is 8.77. The lowest BCUT2D eigenvalue weighted by Gasteiger charge is -2.34. The number of ketones is 1. The maximum atomic E-state index is 14.4. The summed E-state index contributed by atoms with van der Waals surface area (Å²) in [6.07, 6.45) is 5.72. The number of hydrogen-bond acceptors (Lipinski definition) is 4. The second-order valence-corrected chi connectivity index (χ2v) is 11.0. The van der Waals surface area contributed by atoms with E-state index in [1.807, 2.05) is 44.3 Å². The first kappa shape index (κ1) is 26.9. The first-order valence-corrected chi connectivity index (χ1v) is 14.3. The number of carbonyl (C=O) groups excluding carboxylic acids is 1. The third-order valence-corrected chi connectivity index (χ3v) is 8.77. The Labute approximate surface area is 232 Å². The second-order valence-electron chi connectivity index (χ2n) is 11.0. The van der Waals surface area contributed by atoms with E-state index in [0.29, 0.717) is 36.3 Å². The number of fused-ring (bicyclic) bond motifs is 1. The molecule has 0 bridgehead atoms. The van der Waals surface area contributed by atoms with E-state index in [4.69, 9.17) is 4.74 Å². The van der Waals surface area contributed by atoms with Crippen molar-refractivity contribution in [2.24, 2.45) is 11.8 Å². The average Bonchev–Trinajstić information content (AvgIpc) is 3.33. The van der Waals surface area contributed by atoms with E-state index < -0.39 is 0 Å². The Morgan fingerprint density at radius 3 is 2.41 bits per heavy atom. The molecule has 1 unspecified atom stereocenters. The van der Waals surface area contributed by atoms with Crippen molar-refractivity contribution in [1.82, 2.24) is 5.32 Å². The van der Waals surface area contributed by atoms with Gasteiger partial charge in [-0.2, -0.15) is 5.26 Å². The molecule has 5 rings (SSSR count). The Balaban J connectivity index is 1.50. The van der Waals surface area contributed by atoms with Crippen LogP contribution in [0.25, 0.3) is 16.7 Å². The predicted octanol–water partition coefficient (Wildman–Crippen LogP) is 7.16. The van der Waals surface area contributed by atoms with Crippen molar-refractivity contribution in [2.45, 2.75) is 58.4 Å². The summed E-state index contributed by atoms with van der Waals surface area (Å²) in [7, 11) is 2.04. The molecule has 0 aliphatic heterocycles. The zero-order chi connectivity index (χ0) is 27.4. The highest BCUT2D eigenvalue weighted by Crippen LogP contribution is 2.40. The second kappa shape index (κ2) is 12.0. The Hall–Kier alpha value is -3.68. The Kier molecular flexibility index (Phi) is 8.29. The molecule has 0 spiro atoms. The lowest BCUT2D eigenvalue weighted by atomic mass is 9.72. The number of allylic oxidation sites excluding steroid dienone is 2. The number of hydrogen-bond donors (Lipinski definition) is 1. The molecule has 39 heavy (non-hydrogen) atoms. The molecule has 0 heterocycles. The van der Waals surface area contributed by atoms with Crippen LogP contribution in [0.3, 0.4) is 0 Å². The van der Waals surface area contributed by atoms with Gasteiger partial charge in [-0.15, -0.1) is 0 Å². The molecule has 2 aliphatic carbocycles. The van der Waals surface area contributed by atoms with E-state index in [-0.39, 0.29) is 5.92 Å². The fourth-order valence-corrected chi connectivity index (χ4v) is 6.49. The highest BCUT2D eigenvalue weighted by atomic mass is 16.5. The van der Waals surface area contributed by atoms with E-state index in [2.05, 4.69) is 54.7 Å². The summed E-state index contributed by atoms with van der Waals surface area (Å²) < 4.78 is 6.09. The number of carbonyl (C=O) groups is 1. The van der Waals surface area contributed by atoms with Gasteiger partial charge in [-0.3, -0.25) is 4.79 Å². The van der Waals surface area contributed by atoms with E-state index in [9.17, 15) is 10.1 Å². The van der Waals surface area contributed by atoms with Crippen LogP contribution in [0.15, 0.2) is 72.3 Å². The number of ether oxygens (including phenoxy) is 1. The fourth-order valence-electron chi connectivity index (χ4n) is 6.49. The predicted molar refractivity (Wildman–Crippen MR) is 158 cm³/mol. The summed E-state index contributed by atoms with van der Waals surface area (Å²) in [5.41, 5.74) is 8.46. The quantitative estimate of drug-likeness (QED) is 0.326. The van der Waals surface area contributed by atoms with Crippen molar-refractivity contribution in [3.05, 3.63) is 94.6 Å². The smallest absolute Gasteiger partial charge is 0.163 e. The Morgan fingerprint density at radius 1 is 1.03 bits per heavy atom. The molecular formula is C35H38N2O2. The summed E-state index contributed by atoms with van der Waals surface area (Å²) in [4.78, 5) is 14.4. The summed E-state index contributed by atoms with van der Waals surface area (Å²) in [6, 6.07) is 25.2. The van der Waals surface area contributed by atoms with Crippen molar-refractivity contribution >= 4 is 11.4 Å². The van der Waals surface area contributed by atoms with Gasteiger partial charge in [0.2, 0.25) is 0 Å². The minimum atomic E-state index is -0.0857. The van der Waals surface area contributed by atoms with Crippen molar-refractivity contribution < 1.29 is 9.53 Å². The Bertz CT molecular complexity index is 1410. The van der Waals surface area contributed by atoms with Gasteiger partial charge >= 0.3 is 0 Å². The van der Waals surface area contributed by atoms with Gasteiger partial charge in [0.05, 0.1) is 18.2 Å². The topological polar surface area (TPSA) is 62.1 Å². The zero-order valence-electron chi connectivity index (χ0n) is 23.3. The van der Waals surface area contributed by atoms with Gasteiger partial charge in [-0.25, -0.2) is 0 Å². The molecule has 3 aromatic carbocycles. The summed E-state index contributed by atoms with van der Waals surface area (Å²) in [5, 5.41) is 12.6. The molecule has 200 valence electrons. The lowest BCUT2D eigenvalue weighted by molar-refractivity contribution is -0.121. The van der Waals surface area contributed by atoms with Crippen LogP contribution in [0.1, 0.15) is 61.8 Å². The number of Topliss-reactive ketones (excluding diaryl/α,β-unsaturated/α-hetero) is 1. The van der Waals surface area contributed by atoms with Gasteiger partial charge in [0, 0.05) is 24.0 Å². The van der Waals surface area contributed by atoms with Crippen molar-refractivity contribution in [3.8, 4) is 22.9 Å². The van der Waals surface area contributed by atoms with Crippen LogP contribution >= 0.6 is 0 Å². The monoisotopic (exact) mass is 518 g/mol. The molecule has 2 aliphatic rings. The van der Waals surface area contributed by atoms with Crippen LogP contribution in [0.2, 0.25) is 0 Å². The largest absolute Gasteiger partial charge is 0.494 e. The van der Waals surface area contributed by atoms with Crippen LogP contribution in [-0.2, 0) is 17.6 Å². The molecule has 0 aromatic heterocycles. The van der Waals surface area contributed by atoms with Crippen LogP contribution in [0.4, 0.5) is 0 Å². The minimum Gasteiger partial charge on any atom is -0.494 e. The van der Waals surface area contributed by atoms with Gasteiger partial charge in [0.15, 0.2) is 5.78 Å². The highest BCUT2D eigenvalue weighted by Gasteiger charge is 2.36. The molecule has 1 saturated carbocycles. The number of benzene rings is 3. The highest BCUT2D eigenvalue weighted by molar-refractivity contribution is 6.06. The van der Waals surface area contributed by atoms with Gasteiger partial charge in [0.25, 0.3) is 0 Å². The number of nitrogens with zero attached hydrogens (tertiary/aromatic N) is 1. The average molecular weight is 519 g/mol. The van der Waals surface area contributed by atoms with Crippen molar-refractivity contribution in [2.75, 3.05) is 13.7 Å². The first-order valence-electron chi connectivity index (χ1n) is 14.3. The summed E-state index contributed by atoms with van der Waals surface area (Å²) >= 11 is 0. The molecule has 3 aromatic rings. The molecule has 0 radical (unpaired) electrons. The van der Waals surface area contributed by atoms with Crippen LogP contribution in [0, 0.1) is 23.2 Å². The molecule has 1 atom stereocenters. The number of nitrogens with one attached hydrogen (secondary N) is 1. The lowest BCUT2D eigenvalue weighted by Crippen LogP contribution is -2.36. The van der Waals surface area contributed by atoms with E-state index >= 15 is 0 Å². The zero-order valence-corrected chi connectivity index (χ0v) is 23.3. The Morgan fingerprint density at radius 2 is 1.74 bits per heavy atom. The van der Waals surface area contributed by atoms with E-state index in [0.717, 1.165) is 65.7 Å². The molecule has 4 heteroatoms.